The number of aliphatic hydroxyl groups is 1. The van der Waals surface area contributed by atoms with E-state index in [1.165, 1.54) is 4.88 Å². The van der Waals surface area contributed by atoms with Gasteiger partial charge in [-0.25, -0.2) is 0 Å². The van der Waals surface area contributed by atoms with E-state index in [-0.39, 0.29) is 0 Å². The molecule has 0 aliphatic carbocycles. The highest BCUT2D eigenvalue weighted by atomic mass is 32.1. The second-order valence-electron chi connectivity index (χ2n) is 4.08. The molecule has 1 aromatic heterocycles. The Labute approximate surface area is 108 Å². The van der Waals surface area contributed by atoms with Crippen molar-refractivity contribution in [2.45, 2.75) is 38.8 Å². The van der Waals surface area contributed by atoms with E-state index >= 15 is 0 Å². The number of hydrogen-bond donors (Lipinski definition) is 2. The maximum absolute atomic E-state index is 9.71. The van der Waals surface area contributed by atoms with Crippen LogP contribution < -0.4 is 5.32 Å². The largest absolute Gasteiger partial charge is 0.389 e. The van der Waals surface area contributed by atoms with Crippen LogP contribution in [0.5, 0.6) is 0 Å². The molecule has 0 saturated carbocycles. The molecule has 0 fully saturated rings. The first-order valence-electron chi connectivity index (χ1n) is 6.30. The number of aliphatic hydroxyl groups excluding tert-OH is 1. The van der Waals surface area contributed by atoms with Crippen LogP contribution in [0, 0.1) is 0 Å². The molecule has 0 aliphatic heterocycles. The fraction of sp³-hybridized carbons (Fsp3) is 0.692. The van der Waals surface area contributed by atoms with Crippen LogP contribution >= 0.6 is 11.3 Å². The van der Waals surface area contributed by atoms with E-state index in [9.17, 15) is 5.11 Å². The van der Waals surface area contributed by atoms with Crippen molar-refractivity contribution in [1.29, 1.82) is 0 Å². The molecular weight excluding hydrogens is 234 g/mol. The van der Waals surface area contributed by atoms with E-state index in [0.29, 0.717) is 25.8 Å². The first-order valence-corrected chi connectivity index (χ1v) is 7.18. The molecule has 1 heterocycles. The molecule has 4 heteroatoms. The summed E-state index contributed by atoms with van der Waals surface area (Å²) in [7, 11) is 0. The van der Waals surface area contributed by atoms with E-state index in [2.05, 4.69) is 29.8 Å². The highest BCUT2D eigenvalue weighted by molar-refractivity contribution is 7.10. The lowest BCUT2D eigenvalue weighted by atomic mass is 10.1. The summed E-state index contributed by atoms with van der Waals surface area (Å²) < 4.78 is 5.19. The average molecular weight is 257 g/mol. The second-order valence-corrected chi connectivity index (χ2v) is 5.06. The van der Waals surface area contributed by atoms with E-state index in [0.717, 1.165) is 12.8 Å². The quantitative estimate of drug-likeness (QED) is 0.714. The third kappa shape index (κ3) is 5.64. The minimum Gasteiger partial charge on any atom is -0.389 e. The standard InChI is InChI=1S/C13H23NO2S/c1-3-6-12(13-7-5-8-17-13)14-9-11(15)10-16-4-2/h5,7-8,11-12,14-15H,3-4,6,9-10H2,1-2H3. The van der Waals surface area contributed by atoms with Gasteiger partial charge in [0.1, 0.15) is 0 Å². The third-order valence-corrected chi connectivity index (χ3v) is 3.56. The maximum Gasteiger partial charge on any atom is 0.0897 e. The molecular formula is C13H23NO2S. The van der Waals surface area contributed by atoms with Crippen LogP contribution in [0.4, 0.5) is 0 Å². The number of thiophene rings is 1. The lowest BCUT2D eigenvalue weighted by molar-refractivity contribution is 0.0412. The highest BCUT2D eigenvalue weighted by Crippen LogP contribution is 2.22. The Bertz CT molecular complexity index is 277. The molecule has 0 spiro atoms. The Balaban J connectivity index is 2.34. The van der Waals surface area contributed by atoms with Crippen molar-refractivity contribution in [2.24, 2.45) is 0 Å². The number of ether oxygens (including phenoxy) is 1. The van der Waals surface area contributed by atoms with Crippen LogP contribution in [0.2, 0.25) is 0 Å². The molecule has 17 heavy (non-hydrogen) atoms. The van der Waals surface area contributed by atoms with Gasteiger partial charge in [0.25, 0.3) is 0 Å². The Morgan fingerprint density at radius 1 is 1.47 bits per heavy atom. The number of nitrogens with one attached hydrogen (secondary N) is 1. The van der Waals surface area contributed by atoms with Gasteiger partial charge < -0.3 is 15.2 Å². The zero-order valence-corrected chi connectivity index (χ0v) is 11.5. The number of rotatable bonds is 9. The molecule has 98 valence electrons. The van der Waals surface area contributed by atoms with Gasteiger partial charge in [-0.3, -0.25) is 0 Å². The maximum atomic E-state index is 9.71. The van der Waals surface area contributed by atoms with Crippen molar-refractivity contribution in [3.05, 3.63) is 22.4 Å². The Morgan fingerprint density at radius 2 is 2.29 bits per heavy atom. The van der Waals surface area contributed by atoms with Gasteiger partial charge in [0.05, 0.1) is 12.7 Å². The summed E-state index contributed by atoms with van der Waals surface area (Å²) >= 11 is 1.77. The fourth-order valence-corrected chi connectivity index (χ4v) is 2.55. The normalized spacial score (nSPS) is 14.8. The first kappa shape index (κ1) is 14.6. The Kier molecular flexibility index (Phi) is 7.44. The molecule has 0 aliphatic rings. The predicted octanol–water partition coefficient (Wildman–Crippen LogP) is 2.58. The SMILES string of the molecule is CCCC(NCC(O)COCC)c1cccs1. The van der Waals surface area contributed by atoms with E-state index < -0.39 is 6.10 Å². The summed E-state index contributed by atoms with van der Waals surface area (Å²) in [6.45, 7) is 5.76. The zero-order valence-electron chi connectivity index (χ0n) is 10.7. The van der Waals surface area contributed by atoms with Crippen LogP contribution in [-0.4, -0.2) is 31.0 Å². The van der Waals surface area contributed by atoms with E-state index in [1.807, 2.05) is 6.92 Å². The molecule has 0 aromatic carbocycles. The Hall–Kier alpha value is -0.420. The van der Waals surface area contributed by atoms with Gasteiger partial charge in [0, 0.05) is 24.1 Å². The minimum absolute atomic E-state index is 0.358. The average Bonchev–Trinajstić information content (AvgIpc) is 2.85. The summed E-state index contributed by atoms with van der Waals surface area (Å²) in [6, 6.07) is 4.57. The fourth-order valence-electron chi connectivity index (χ4n) is 1.71. The molecule has 0 amide bonds. The molecule has 1 aromatic rings. The van der Waals surface area contributed by atoms with Gasteiger partial charge in [0.2, 0.25) is 0 Å². The molecule has 3 nitrogen and oxygen atoms in total. The summed E-state index contributed by atoms with van der Waals surface area (Å²) in [6.07, 6.45) is 1.81. The summed E-state index contributed by atoms with van der Waals surface area (Å²) in [4.78, 5) is 1.34. The van der Waals surface area contributed by atoms with Crippen molar-refractivity contribution in [3.63, 3.8) is 0 Å². The molecule has 2 atom stereocenters. The Morgan fingerprint density at radius 3 is 2.88 bits per heavy atom. The highest BCUT2D eigenvalue weighted by Gasteiger charge is 2.13. The zero-order chi connectivity index (χ0) is 12.5. The van der Waals surface area contributed by atoms with E-state index in [4.69, 9.17) is 4.74 Å². The second kappa shape index (κ2) is 8.64. The molecule has 2 unspecified atom stereocenters. The number of hydrogen-bond acceptors (Lipinski definition) is 4. The van der Waals surface area contributed by atoms with Gasteiger partial charge in [0.15, 0.2) is 0 Å². The molecule has 0 bridgehead atoms. The molecule has 2 N–H and O–H groups in total. The van der Waals surface area contributed by atoms with Crippen molar-refractivity contribution in [1.82, 2.24) is 5.32 Å². The van der Waals surface area contributed by atoms with Gasteiger partial charge in [-0.2, -0.15) is 0 Å². The van der Waals surface area contributed by atoms with Gasteiger partial charge in [-0.05, 0) is 24.8 Å². The third-order valence-electron chi connectivity index (χ3n) is 2.58. The van der Waals surface area contributed by atoms with Crippen molar-refractivity contribution >= 4 is 11.3 Å². The monoisotopic (exact) mass is 257 g/mol. The molecule has 1 rings (SSSR count). The van der Waals surface area contributed by atoms with Crippen LogP contribution in [0.25, 0.3) is 0 Å². The van der Waals surface area contributed by atoms with Gasteiger partial charge >= 0.3 is 0 Å². The van der Waals surface area contributed by atoms with E-state index in [1.54, 1.807) is 11.3 Å². The minimum atomic E-state index is -0.422. The lowest BCUT2D eigenvalue weighted by Crippen LogP contribution is -2.32. The van der Waals surface area contributed by atoms with Crippen molar-refractivity contribution in [3.8, 4) is 0 Å². The first-order chi connectivity index (χ1) is 8.27. The molecule has 0 radical (unpaired) electrons. The van der Waals surface area contributed by atoms with Crippen LogP contribution in [0.15, 0.2) is 17.5 Å². The van der Waals surface area contributed by atoms with Crippen LogP contribution in [0.1, 0.15) is 37.6 Å². The van der Waals surface area contributed by atoms with Gasteiger partial charge in [-0.1, -0.05) is 19.4 Å². The predicted molar refractivity (Wildman–Crippen MR) is 72.5 cm³/mol. The summed E-state index contributed by atoms with van der Waals surface area (Å²) in [5.41, 5.74) is 0. The summed E-state index contributed by atoms with van der Waals surface area (Å²) in [5.74, 6) is 0. The topological polar surface area (TPSA) is 41.5 Å². The summed E-state index contributed by atoms with van der Waals surface area (Å²) in [5, 5.41) is 15.2. The van der Waals surface area contributed by atoms with Crippen molar-refractivity contribution < 1.29 is 9.84 Å². The smallest absolute Gasteiger partial charge is 0.0897 e. The van der Waals surface area contributed by atoms with Crippen LogP contribution in [0.3, 0.4) is 0 Å². The lowest BCUT2D eigenvalue weighted by Gasteiger charge is -2.19. The van der Waals surface area contributed by atoms with Crippen LogP contribution in [-0.2, 0) is 4.74 Å². The van der Waals surface area contributed by atoms with Crippen molar-refractivity contribution in [2.75, 3.05) is 19.8 Å². The molecule has 0 saturated heterocycles. The van der Waals surface area contributed by atoms with Gasteiger partial charge in [-0.15, -0.1) is 11.3 Å².